The van der Waals surface area contributed by atoms with E-state index in [0.29, 0.717) is 13.0 Å². The van der Waals surface area contributed by atoms with Crippen molar-refractivity contribution in [3.05, 3.63) is 47.0 Å². The minimum absolute atomic E-state index is 0. The Labute approximate surface area is 106 Å². The molecule has 0 saturated heterocycles. The lowest BCUT2D eigenvalue weighted by Crippen LogP contribution is -3.00. The molecule has 1 rings (SSSR count). The van der Waals surface area contributed by atoms with Crippen LogP contribution >= 0.6 is 0 Å². The van der Waals surface area contributed by atoms with E-state index in [4.69, 9.17) is 10.1 Å². The van der Waals surface area contributed by atoms with E-state index < -0.39 is 5.97 Å². The molecular formula is C12H13ClN2O2. The molecule has 0 bridgehead atoms. The van der Waals surface area contributed by atoms with E-state index >= 15 is 0 Å². The molecule has 0 fully saturated rings. The number of nitrogens with zero attached hydrogens (tertiary/aromatic N) is 2. The number of allylic oxidation sites excluding steroid dienone is 1. The summed E-state index contributed by atoms with van der Waals surface area (Å²) >= 11 is 0. The number of carbonyl (C=O) groups is 1. The van der Waals surface area contributed by atoms with Gasteiger partial charge in [-0.15, -0.1) is 0 Å². The van der Waals surface area contributed by atoms with Crippen LogP contribution in [0.5, 0.6) is 0 Å². The normalized spacial score (nSPS) is 9.41. The van der Waals surface area contributed by atoms with E-state index in [1.807, 2.05) is 19.1 Å². The van der Waals surface area contributed by atoms with Gasteiger partial charge in [-0.2, -0.15) is 0 Å². The van der Waals surface area contributed by atoms with Gasteiger partial charge in [0.1, 0.15) is 0 Å². The predicted octanol–water partition coefficient (Wildman–Crippen LogP) is 0.298. The molecule has 17 heavy (non-hydrogen) atoms. The van der Waals surface area contributed by atoms with E-state index in [2.05, 4.69) is 4.98 Å². The summed E-state index contributed by atoms with van der Waals surface area (Å²) in [4.78, 5) is 14.6. The molecular weight excluding hydrogens is 240 g/mol. The molecule has 5 heteroatoms. The standard InChI is InChI=1S/C12H13N2O2.ClH/c1-2-3-6-9-16-12(15)10-7-4-5-8-11(10)14-13;/h2-5,7-8H,6,9H2,1H3;1H/q+1;/p-1/b3-2-;. The second-order valence-electron chi connectivity index (χ2n) is 3.11. The quantitative estimate of drug-likeness (QED) is 0.335. The lowest BCUT2D eigenvalue weighted by Gasteiger charge is -2.00. The van der Waals surface area contributed by atoms with Crippen LogP contribution in [-0.2, 0) is 4.74 Å². The van der Waals surface area contributed by atoms with E-state index in [1.165, 1.54) is 0 Å². The number of rotatable bonds is 4. The van der Waals surface area contributed by atoms with Crippen molar-refractivity contribution < 1.29 is 21.9 Å². The van der Waals surface area contributed by atoms with E-state index in [1.54, 1.807) is 24.3 Å². The van der Waals surface area contributed by atoms with Crippen LogP contribution in [0.4, 0.5) is 5.69 Å². The van der Waals surface area contributed by atoms with Crippen LogP contribution in [0.2, 0.25) is 0 Å². The van der Waals surface area contributed by atoms with Crippen molar-refractivity contribution in [3.8, 4) is 0 Å². The van der Waals surface area contributed by atoms with Gasteiger partial charge in [0.05, 0.1) is 6.61 Å². The Morgan fingerprint density at radius 1 is 1.47 bits per heavy atom. The van der Waals surface area contributed by atoms with Crippen LogP contribution in [0.15, 0.2) is 36.4 Å². The first-order valence-electron chi connectivity index (χ1n) is 5.02. The SMILES string of the molecule is C/C=C\CCOC(=O)c1ccccc1[N+]#N.[Cl-]. The first kappa shape index (κ1) is 15.1. The minimum atomic E-state index is -0.474. The summed E-state index contributed by atoms with van der Waals surface area (Å²) in [6, 6.07) is 6.48. The second-order valence-corrected chi connectivity index (χ2v) is 3.11. The number of ether oxygens (including phenoxy) is 1. The zero-order chi connectivity index (χ0) is 11.8. The van der Waals surface area contributed by atoms with Gasteiger partial charge < -0.3 is 17.1 Å². The van der Waals surface area contributed by atoms with Crippen LogP contribution < -0.4 is 12.4 Å². The summed E-state index contributed by atoms with van der Waals surface area (Å²) < 4.78 is 5.01. The molecule has 4 nitrogen and oxygen atoms in total. The van der Waals surface area contributed by atoms with Crippen molar-refractivity contribution in [2.75, 3.05) is 6.61 Å². The Kier molecular flexibility index (Phi) is 7.40. The molecule has 90 valence electrons. The van der Waals surface area contributed by atoms with Gasteiger partial charge in [0.2, 0.25) is 5.39 Å². The summed E-state index contributed by atoms with van der Waals surface area (Å²) in [6.45, 7) is 2.23. The Morgan fingerprint density at radius 2 is 2.18 bits per heavy atom. The number of esters is 1. The predicted molar refractivity (Wildman–Crippen MR) is 60.9 cm³/mol. The van der Waals surface area contributed by atoms with Gasteiger partial charge in [-0.3, -0.25) is 0 Å². The minimum Gasteiger partial charge on any atom is -1.00 e. The molecule has 0 saturated carbocycles. The topological polar surface area (TPSA) is 54.5 Å². The van der Waals surface area contributed by atoms with Crippen LogP contribution in [0.3, 0.4) is 0 Å². The van der Waals surface area contributed by atoms with Crippen LogP contribution in [0.25, 0.3) is 4.98 Å². The number of diazo groups is 1. The molecule has 0 aromatic heterocycles. The fourth-order valence-corrected chi connectivity index (χ4v) is 1.20. The van der Waals surface area contributed by atoms with Crippen molar-refractivity contribution in [1.82, 2.24) is 0 Å². The molecule has 0 heterocycles. The van der Waals surface area contributed by atoms with E-state index in [9.17, 15) is 4.79 Å². The third-order valence-electron chi connectivity index (χ3n) is 1.99. The van der Waals surface area contributed by atoms with Crippen molar-refractivity contribution in [2.45, 2.75) is 13.3 Å². The summed E-state index contributed by atoms with van der Waals surface area (Å²) in [5.74, 6) is -0.474. The zero-order valence-electron chi connectivity index (χ0n) is 9.47. The molecule has 0 unspecified atom stereocenters. The number of benzene rings is 1. The maximum atomic E-state index is 11.6. The van der Waals surface area contributed by atoms with E-state index in [0.717, 1.165) is 0 Å². The highest BCUT2D eigenvalue weighted by Gasteiger charge is 2.20. The lowest BCUT2D eigenvalue weighted by atomic mass is 10.2. The third kappa shape index (κ3) is 4.66. The van der Waals surface area contributed by atoms with Crippen molar-refractivity contribution in [1.29, 1.82) is 5.39 Å². The van der Waals surface area contributed by atoms with Crippen LogP contribution in [-0.4, -0.2) is 12.6 Å². The van der Waals surface area contributed by atoms with Crippen LogP contribution in [0.1, 0.15) is 23.7 Å². The molecule has 0 aliphatic carbocycles. The lowest BCUT2D eigenvalue weighted by molar-refractivity contribution is -0.0000217. The molecule has 0 atom stereocenters. The molecule has 0 aliphatic heterocycles. The van der Waals surface area contributed by atoms with Crippen LogP contribution in [0, 0.1) is 5.39 Å². The zero-order valence-corrected chi connectivity index (χ0v) is 10.2. The highest BCUT2D eigenvalue weighted by Crippen LogP contribution is 2.19. The fraction of sp³-hybridized carbons (Fsp3) is 0.250. The van der Waals surface area contributed by atoms with Crippen molar-refractivity contribution in [2.24, 2.45) is 0 Å². The number of hydrogen-bond acceptors (Lipinski definition) is 3. The Hall–Kier alpha value is -1.86. The Morgan fingerprint density at radius 3 is 2.82 bits per heavy atom. The number of carbonyl (C=O) groups excluding carboxylic acids is 1. The third-order valence-corrected chi connectivity index (χ3v) is 1.99. The molecule has 1 aromatic carbocycles. The van der Waals surface area contributed by atoms with Gasteiger partial charge in [-0.25, -0.2) is 4.79 Å². The first-order chi connectivity index (χ1) is 7.79. The molecule has 0 N–H and O–H groups in total. The Bertz CT molecular complexity index is 438. The largest absolute Gasteiger partial charge is 1.00 e. The van der Waals surface area contributed by atoms with Gasteiger partial charge in [-0.05, 0) is 19.4 Å². The summed E-state index contributed by atoms with van der Waals surface area (Å²) in [5.41, 5.74) is 0.490. The maximum absolute atomic E-state index is 11.6. The fourth-order valence-electron chi connectivity index (χ4n) is 1.20. The molecule has 0 amide bonds. The smallest absolute Gasteiger partial charge is 0.399 e. The molecule has 0 radical (unpaired) electrons. The van der Waals surface area contributed by atoms with Gasteiger partial charge in [0, 0.05) is 6.07 Å². The molecule has 0 spiro atoms. The Balaban J connectivity index is 0.00000256. The van der Waals surface area contributed by atoms with E-state index in [-0.39, 0.29) is 23.7 Å². The molecule has 1 aromatic rings. The average Bonchev–Trinajstić information content (AvgIpc) is 2.34. The summed E-state index contributed by atoms with van der Waals surface area (Å²) in [6.07, 6.45) is 4.49. The van der Waals surface area contributed by atoms with Gasteiger partial charge in [0.15, 0.2) is 10.5 Å². The van der Waals surface area contributed by atoms with Gasteiger partial charge >= 0.3 is 11.7 Å². The van der Waals surface area contributed by atoms with Gasteiger partial charge in [0.25, 0.3) is 0 Å². The average molecular weight is 253 g/mol. The van der Waals surface area contributed by atoms with Crippen molar-refractivity contribution in [3.63, 3.8) is 0 Å². The highest BCUT2D eigenvalue weighted by molar-refractivity contribution is 5.95. The summed E-state index contributed by atoms with van der Waals surface area (Å²) in [7, 11) is 0. The summed E-state index contributed by atoms with van der Waals surface area (Å²) in [5, 5.41) is 8.68. The maximum Gasteiger partial charge on any atom is 0.399 e. The molecule has 0 aliphatic rings. The number of halogens is 1. The number of hydrogen-bond donors (Lipinski definition) is 0. The first-order valence-corrected chi connectivity index (χ1v) is 5.02. The second kappa shape index (κ2) is 8.31. The van der Waals surface area contributed by atoms with Gasteiger partial charge in [-0.1, -0.05) is 24.3 Å². The highest BCUT2D eigenvalue weighted by atomic mass is 35.5. The van der Waals surface area contributed by atoms with Crippen molar-refractivity contribution >= 4 is 11.7 Å². The monoisotopic (exact) mass is 252 g/mol.